The quantitative estimate of drug-likeness (QED) is 0.740. The molecule has 2 aromatic rings. The van der Waals surface area contributed by atoms with Gasteiger partial charge in [0.05, 0.1) is 0 Å². The SMILES string of the molecule is CSc1ccc(NC(=O)C2(C(F)(F)F)CCN(Cc3ccccc3)C2)cc1. The van der Waals surface area contributed by atoms with E-state index >= 15 is 0 Å². The molecule has 0 aliphatic carbocycles. The first-order valence-corrected chi connectivity index (χ1v) is 9.85. The molecule has 1 atom stereocenters. The summed E-state index contributed by atoms with van der Waals surface area (Å²) in [5, 5.41) is 2.47. The lowest BCUT2D eigenvalue weighted by molar-refractivity contribution is -0.215. The predicted octanol–water partition coefficient (Wildman–Crippen LogP) is 4.80. The van der Waals surface area contributed by atoms with Gasteiger partial charge in [0.25, 0.3) is 0 Å². The van der Waals surface area contributed by atoms with Gasteiger partial charge in [0.15, 0.2) is 5.41 Å². The second-order valence-electron chi connectivity index (χ2n) is 6.71. The Morgan fingerprint density at radius 1 is 1.15 bits per heavy atom. The number of hydrogen-bond acceptors (Lipinski definition) is 3. The number of carbonyl (C=O) groups is 1. The number of benzene rings is 2. The molecule has 1 aliphatic heterocycles. The van der Waals surface area contributed by atoms with E-state index < -0.39 is 17.5 Å². The number of likely N-dealkylation sites (tertiary alicyclic amines) is 1. The van der Waals surface area contributed by atoms with Crippen LogP contribution in [0.15, 0.2) is 59.5 Å². The predicted molar refractivity (Wildman–Crippen MR) is 102 cm³/mol. The minimum absolute atomic E-state index is 0.229. The molecule has 1 heterocycles. The summed E-state index contributed by atoms with van der Waals surface area (Å²) in [6.07, 6.45) is -2.94. The van der Waals surface area contributed by atoms with Crippen LogP contribution in [0.3, 0.4) is 0 Å². The lowest BCUT2D eigenvalue weighted by Gasteiger charge is -2.30. The van der Waals surface area contributed by atoms with Gasteiger partial charge in [0, 0.05) is 23.7 Å². The van der Waals surface area contributed by atoms with E-state index in [1.807, 2.05) is 36.6 Å². The fraction of sp³-hybridized carbons (Fsp3) is 0.350. The van der Waals surface area contributed by atoms with Crippen molar-refractivity contribution < 1.29 is 18.0 Å². The van der Waals surface area contributed by atoms with Gasteiger partial charge in [0.2, 0.25) is 5.91 Å². The second kappa shape index (κ2) is 7.94. The smallest absolute Gasteiger partial charge is 0.325 e. The molecule has 0 spiro atoms. The molecule has 1 unspecified atom stereocenters. The lowest BCUT2D eigenvalue weighted by atomic mass is 9.85. The molecule has 1 amide bonds. The number of thioether (sulfide) groups is 1. The Hall–Kier alpha value is -1.99. The first-order valence-electron chi connectivity index (χ1n) is 8.62. The number of nitrogens with one attached hydrogen (secondary N) is 1. The summed E-state index contributed by atoms with van der Waals surface area (Å²) in [5.41, 5.74) is -1.08. The number of alkyl halides is 3. The molecular weight excluding hydrogens is 373 g/mol. The number of rotatable bonds is 5. The number of nitrogens with zero attached hydrogens (tertiary/aromatic N) is 1. The fourth-order valence-corrected chi connectivity index (χ4v) is 3.74. The number of amides is 1. The van der Waals surface area contributed by atoms with Crippen molar-refractivity contribution >= 4 is 23.4 Å². The highest BCUT2D eigenvalue weighted by Crippen LogP contribution is 2.46. The number of halogens is 3. The average molecular weight is 394 g/mol. The fourth-order valence-electron chi connectivity index (χ4n) is 3.34. The van der Waals surface area contributed by atoms with E-state index in [-0.39, 0.29) is 19.5 Å². The highest BCUT2D eigenvalue weighted by atomic mass is 32.2. The van der Waals surface area contributed by atoms with Gasteiger partial charge < -0.3 is 5.32 Å². The maximum absolute atomic E-state index is 13.9. The van der Waals surface area contributed by atoms with Crippen LogP contribution in [0.4, 0.5) is 18.9 Å². The van der Waals surface area contributed by atoms with Gasteiger partial charge >= 0.3 is 6.18 Å². The number of anilines is 1. The second-order valence-corrected chi connectivity index (χ2v) is 7.59. The van der Waals surface area contributed by atoms with Gasteiger partial charge in [-0.3, -0.25) is 9.69 Å². The minimum Gasteiger partial charge on any atom is -0.325 e. The Balaban J connectivity index is 1.76. The van der Waals surface area contributed by atoms with Crippen LogP contribution >= 0.6 is 11.8 Å². The summed E-state index contributed by atoms with van der Waals surface area (Å²) in [5.74, 6) is -0.984. The summed E-state index contributed by atoms with van der Waals surface area (Å²) in [7, 11) is 0. The van der Waals surface area contributed by atoms with Gasteiger partial charge in [-0.25, -0.2) is 0 Å². The summed E-state index contributed by atoms with van der Waals surface area (Å²) in [6, 6.07) is 16.1. The zero-order valence-electron chi connectivity index (χ0n) is 14.9. The van der Waals surface area contributed by atoms with Crippen LogP contribution in [0.1, 0.15) is 12.0 Å². The molecule has 2 aromatic carbocycles. The van der Waals surface area contributed by atoms with Crippen LogP contribution < -0.4 is 5.32 Å². The summed E-state index contributed by atoms with van der Waals surface area (Å²) >= 11 is 1.53. The Bertz CT molecular complexity index is 780. The molecule has 0 radical (unpaired) electrons. The molecule has 3 rings (SSSR count). The molecule has 1 N–H and O–H groups in total. The monoisotopic (exact) mass is 394 g/mol. The van der Waals surface area contributed by atoms with Crippen molar-refractivity contribution in [2.45, 2.75) is 24.0 Å². The maximum atomic E-state index is 13.9. The third-order valence-electron chi connectivity index (χ3n) is 4.92. The van der Waals surface area contributed by atoms with Gasteiger partial charge in [0.1, 0.15) is 0 Å². The van der Waals surface area contributed by atoms with Crippen molar-refractivity contribution in [2.24, 2.45) is 5.41 Å². The summed E-state index contributed by atoms with van der Waals surface area (Å²) < 4.78 is 41.7. The van der Waals surface area contributed by atoms with E-state index in [2.05, 4.69) is 5.32 Å². The van der Waals surface area contributed by atoms with E-state index in [1.54, 1.807) is 29.2 Å². The van der Waals surface area contributed by atoms with Crippen molar-refractivity contribution in [3.8, 4) is 0 Å². The Morgan fingerprint density at radius 3 is 2.41 bits per heavy atom. The van der Waals surface area contributed by atoms with E-state index in [4.69, 9.17) is 0 Å². The summed E-state index contributed by atoms with van der Waals surface area (Å²) in [4.78, 5) is 15.3. The van der Waals surface area contributed by atoms with Crippen LogP contribution in [0.5, 0.6) is 0 Å². The topological polar surface area (TPSA) is 32.3 Å². The highest BCUT2D eigenvalue weighted by molar-refractivity contribution is 7.98. The third kappa shape index (κ3) is 4.30. The van der Waals surface area contributed by atoms with Crippen LogP contribution in [0.2, 0.25) is 0 Å². The first kappa shape index (κ1) is 19.8. The molecule has 1 saturated heterocycles. The third-order valence-corrected chi connectivity index (χ3v) is 5.67. The Labute approximate surface area is 160 Å². The van der Waals surface area contributed by atoms with Crippen LogP contribution in [0, 0.1) is 5.41 Å². The Kier molecular flexibility index (Phi) is 5.81. The van der Waals surface area contributed by atoms with Crippen molar-refractivity contribution in [1.82, 2.24) is 4.90 Å². The first-order chi connectivity index (χ1) is 12.8. The normalized spacial score (nSPS) is 20.6. The maximum Gasteiger partial charge on any atom is 0.404 e. The molecule has 0 saturated carbocycles. The van der Waals surface area contributed by atoms with Crippen LogP contribution in [0.25, 0.3) is 0 Å². The average Bonchev–Trinajstić information content (AvgIpc) is 3.08. The molecule has 27 heavy (non-hydrogen) atoms. The van der Waals surface area contributed by atoms with Crippen LogP contribution in [-0.4, -0.2) is 36.3 Å². The molecule has 0 bridgehead atoms. The molecule has 3 nitrogen and oxygen atoms in total. The van der Waals surface area contributed by atoms with E-state index in [0.29, 0.717) is 12.2 Å². The minimum atomic E-state index is -4.61. The number of carbonyl (C=O) groups excluding carboxylic acids is 1. The van der Waals surface area contributed by atoms with E-state index in [0.717, 1.165) is 10.5 Å². The van der Waals surface area contributed by atoms with Crippen molar-refractivity contribution in [2.75, 3.05) is 24.7 Å². The van der Waals surface area contributed by atoms with Gasteiger partial charge in [-0.15, -0.1) is 11.8 Å². The van der Waals surface area contributed by atoms with Crippen molar-refractivity contribution in [3.63, 3.8) is 0 Å². The van der Waals surface area contributed by atoms with Gasteiger partial charge in [-0.05, 0) is 49.1 Å². The van der Waals surface area contributed by atoms with E-state index in [9.17, 15) is 18.0 Å². The largest absolute Gasteiger partial charge is 0.404 e. The highest BCUT2D eigenvalue weighted by Gasteiger charge is 2.62. The van der Waals surface area contributed by atoms with Crippen LogP contribution in [-0.2, 0) is 11.3 Å². The van der Waals surface area contributed by atoms with Gasteiger partial charge in [-0.2, -0.15) is 13.2 Å². The molecule has 1 fully saturated rings. The lowest BCUT2D eigenvalue weighted by Crippen LogP contribution is -2.49. The molecule has 0 aromatic heterocycles. The van der Waals surface area contributed by atoms with Crippen molar-refractivity contribution in [3.05, 3.63) is 60.2 Å². The van der Waals surface area contributed by atoms with Gasteiger partial charge in [-0.1, -0.05) is 30.3 Å². The number of hydrogen-bond donors (Lipinski definition) is 1. The van der Waals surface area contributed by atoms with E-state index in [1.165, 1.54) is 11.8 Å². The standard InChI is InChI=1S/C20H21F3N2OS/c1-27-17-9-7-16(8-10-17)24-18(26)19(20(21,22)23)11-12-25(14-19)13-15-5-3-2-4-6-15/h2-10H,11-14H2,1H3,(H,24,26). The molecule has 7 heteroatoms. The molecule has 144 valence electrons. The zero-order chi connectivity index (χ0) is 19.5. The van der Waals surface area contributed by atoms with Crippen molar-refractivity contribution in [1.29, 1.82) is 0 Å². The molecule has 1 aliphatic rings. The zero-order valence-corrected chi connectivity index (χ0v) is 15.7. The molecular formula is C20H21F3N2OS. The Morgan fingerprint density at radius 2 is 1.81 bits per heavy atom. The summed E-state index contributed by atoms with van der Waals surface area (Å²) in [6.45, 7) is 0.293.